The van der Waals surface area contributed by atoms with Gasteiger partial charge in [0.2, 0.25) is 0 Å². The molecule has 1 fully saturated rings. The number of hydrogen-bond acceptors (Lipinski definition) is 3. The maximum absolute atomic E-state index is 12.1. The zero-order valence-electron chi connectivity index (χ0n) is 13.4. The number of carbonyl (C=O) groups excluding carboxylic acids is 2. The predicted octanol–water partition coefficient (Wildman–Crippen LogP) is 1.76. The van der Waals surface area contributed by atoms with Crippen molar-refractivity contribution in [1.29, 1.82) is 0 Å². The summed E-state index contributed by atoms with van der Waals surface area (Å²) in [5.74, 6) is -1.26. The minimum absolute atomic E-state index is 0.134. The molecule has 0 spiro atoms. The van der Waals surface area contributed by atoms with Crippen molar-refractivity contribution < 1.29 is 14.7 Å². The Morgan fingerprint density at radius 3 is 2.26 bits per heavy atom. The Bertz CT molecular complexity index is 496. The number of aliphatic carboxylic acids is 1. The summed E-state index contributed by atoms with van der Waals surface area (Å²) >= 11 is 0. The summed E-state index contributed by atoms with van der Waals surface area (Å²) in [5, 5.41) is 16.7. The molecule has 2 amide bonds. The molecule has 1 aliphatic carbocycles. The quantitative estimate of drug-likeness (QED) is 0.868. The Hall–Kier alpha value is -2.04. The summed E-state index contributed by atoms with van der Waals surface area (Å²) in [6, 6.07) is 7.93. The van der Waals surface area contributed by atoms with Crippen molar-refractivity contribution >= 4 is 12.0 Å². The van der Waals surface area contributed by atoms with Gasteiger partial charge in [-0.05, 0) is 24.8 Å². The van der Waals surface area contributed by atoms with E-state index in [1.807, 2.05) is 30.3 Å². The SMILES string of the molecule is O=C(NC1CCCCCCC1)N[C@H](Cc1ccccc1)C(=O)[O-]. The first-order valence-corrected chi connectivity index (χ1v) is 8.47. The fraction of sp³-hybridized carbons (Fsp3) is 0.556. The van der Waals surface area contributed by atoms with Gasteiger partial charge < -0.3 is 20.5 Å². The van der Waals surface area contributed by atoms with Crippen molar-refractivity contribution in [2.45, 2.75) is 63.5 Å². The van der Waals surface area contributed by atoms with Crippen LogP contribution in [0.25, 0.3) is 0 Å². The Morgan fingerprint density at radius 1 is 1.04 bits per heavy atom. The first-order valence-electron chi connectivity index (χ1n) is 8.47. The smallest absolute Gasteiger partial charge is 0.315 e. The second-order valence-electron chi connectivity index (χ2n) is 6.22. The minimum Gasteiger partial charge on any atom is -0.548 e. The van der Waals surface area contributed by atoms with E-state index >= 15 is 0 Å². The summed E-state index contributed by atoms with van der Waals surface area (Å²) < 4.78 is 0. The lowest BCUT2D eigenvalue weighted by Gasteiger charge is -2.24. The molecule has 0 radical (unpaired) electrons. The second kappa shape index (κ2) is 9.18. The van der Waals surface area contributed by atoms with Gasteiger partial charge in [0.05, 0.1) is 12.0 Å². The van der Waals surface area contributed by atoms with Crippen molar-refractivity contribution in [3.8, 4) is 0 Å². The maximum Gasteiger partial charge on any atom is 0.315 e. The van der Waals surface area contributed by atoms with Crippen LogP contribution in [0.5, 0.6) is 0 Å². The number of amides is 2. The lowest BCUT2D eigenvalue weighted by molar-refractivity contribution is -0.308. The third-order valence-corrected chi connectivity index (χ3v) is 4.31. The van der Waals surface area contributed by atoms with E-state index in [0.29, 0.717) is 0 Å². The maximum atomic E-state index is 12.1. The molecule has 2 N–H and O–H groups in total. The van der Waals surface area contributed by atoms with E-state index in [9.17, 15) is 14.7 Å². The van der Waals surface area contributed by atoms with Gasteiger partial charge in [-0.25, -0.2) is 4.79 Å². The first kappa shape index (κ1) is 17.3. The summed E-state index contributed by atoms with van der Waals surface area (Å²) in [5.41, 5.74) is 0.855. The molecule has 0 bridgehead atoms. The van der Waals surface area contributed by atoms with Crippen molar-refractivity contribution in [1.82, 2.24) is 10.6 Å². The van der Waals surface area contributed by atoms with E-state index in [1.165, 1.54) is 19.3 Å². The molecule has 0 aromatic heterocycles. The van der Waals surface area contributed by atoms with E-state index in [1.54, 1.807) is 0 Å². The molecule has 1 aromatic carbocycles. The predicted molar refractivity (Wildman–Crippen MR) is 86.7 cm³/mol. The monoisotopic (exact) mass is 317 g/mol. The van der Waals surface area contributed by atoms with Gasteiger partial charge in [-0.3, -0.25) is 0 Å². The van der Waals surface area contributed by atoms with Gasteiger partial charge in [-0.15, -0.1) is 0 Å². The van der Waals surface area contributed by atoms with Crippen molar-refractivity contribution in [2.24, 2.45) is 0 Å². The average molecular weight is 317 g/mol. The number of carbonyl (C=O) groups is 2. The van der Waals surface area contributed by atoms with Crippen LogP contribution in [-0.4, -0.2) is 24.1 Å². The van der Waals surface area contributed by atoms with Crippen LogP contribution in [0.3, 0.4) is 0 Å². The molecule has 0 unspecified atom stereocenters. The Balaban J connectivity index is 1.86. The van der Waals surface area contributed by atoms with E-state index in [-0.39, 0.29) is 12.5 Å². The van der Waals surface area contributed by atoms with Crippen LogP contribution >= 0.6 is 0 Å². The van der Waals surface area contributed by atoms with Crippen LogP contribution in [0, 0.1) is 0 Å². The molecule has 1 aliphatic rings. The van der Waals surface area contributed by atoms with Gasteiger partial charge in [0.1, 0.15) is 0 Å². The van der Waals surface area contributed by atoms with Crippen LogP contribution in [-0.2, 0) is 11.2 Å². The zero-order valence-corrected chi connectivity index (χ0v) is 13.4. The highest BCUT2D eigenvalue weighted by Crippen LogP contribution is 2.17. The van der Waals surface area contributed by atoms with E-state index in [4.69, 9.17) is 0 Å². The normalized spacial score (nSPS) is 17.6. The third kappa shape index (κ3) is 6.30. The van der Waals surface area contributed by atoms with Crippen molar-refractivity contribution in [3.63, 3.8) is 0 Å². The molecular weight excluding hydrogens is 292 g/mol. The summed E-state index contributed by atoms with van der Waals surface area (Å²) in [4.78, 5) is 23.4. The molecule has 5 heteroatoms. The highest BCUT2D eigenvalue weighted by atomic mass is 16.4. The molecule has 0 saturated heterocycles. The number of benzene rings is 1. The highest BCUT2D eigenvalue weighted by molar-refractivity contribution is 5.81. The third-order valence-electron chi connectivity index (χ3n) is 4.31. The molecule has 1 aromatic rings. The second-order valence-corrected chi connectivity index (χ2v) is 6.22. The summed E-state index contributed by atoms with van der Waals surface area (Å²) in [7, 11) is 0. The molecule has 2 rings (SSSR count). The molecule has 126 valence electrons. The zero-order chi connectivity index (χ0) is 16.5. The molecule has 23 heavy (non-hydrogen) atoms. The van der Waals surface area contributed by atoms with E-state index in [2.05, 4.69) is 10.6 Å². The molecule has 0 aliphatic heterocycles. The van der Waals surface area contributed by atoms with Gasteiger partial charge >= 0.3 is 6.03 Å². The van der Waals surface area contributed by atoms with E-state index < -0.39 is 18.0 Å². The Morgan fingerprint density at radius 2 is 1.65 bits per heavy atom. The number of carboxylic acids is 1. The highest BCUT2D eigenvalue weighted by Gasteiger charge is 2.18. The summed E-state index contributed by atoms with van der Waals surface area (Å²) in [6.45, 7) is 0. The lowest BCUT2D eigenvalue weighted by Crippen LogP contribution is -2.53. The fourth-order valence-electron chi connectivity index (χ4n) is 3.03. The van der Waals surface area contributed by atoms with E-state index in [0.717, 1.165) is 31.2 Å². The Kier molecular flexibility index (Phi) is 6.91. The van der Waals surface area contributed by atoms with Crippen LogP contribution < -0.4 is 15.7 Å². The van der Waals surface area contributed by atoms with Gasteiger partial charge in [-0.2, -0.15) is 0 Å². The molecule has 0 heterocycles. The molecule has 5 nitrogen and oxygen atoms in total. The number of rotatable bonds is 5. The fourth-order valence-corrected chi connectivity index (χ4v) is 3.03. The number of nitrogens with one attached hydrogen (secondary N) is 2. The van der Waals surface area contributed by atoms with Gasteiger partial charge in [-0.1, -0.05) is 62.4 Å². The molecule has 1 atom stereocenters. The van der Waals surface area contributed by atoms with Crippen LogP contribution in [0.15, 0.2) is 30.3 Å². The van der Waals surface area contributed by atoms with Gasteiger partial charge in [0.15, 0.2) is 0 Å². The van der Waals surface area contributed by atoms with Crippen LogP contribution in [0.2, 0.25) is 0 Å². The van der Waals surface area contributed by atoms with Crippen LogP contribution in [0.4, 0.5) is 4.79 Å². The van der Waals surface area contributed by atoms with Gasteiger partial charge in [0.25, 0.3) is 0 Å². The standard InChI is InChI=1S/C18H26N2O3/c21-17(22)16(13-14-9-5-4-6-10-14)20-18(23)19-15-11-7-2-1-3-8-12-15/h4-6,9-10,15-16H,1-3,7-8,11-13H2,(H,21,22)(H2,19,20,23)/p-1/t16-/m1/s1. The summed E-state index contributed by atoms with van der Waals surface area (Å²) in [6.07, 6.45) is 8.04. The Labute approximate surface area is 137 Å². The number of urea groups is 1. The molecular formula is C18H25N2O3-. The van der Waals surface area contributed by atoms with Crippen molar-refractivity contribution in [2.75, 3.05) is 0 Å². The lowest BCUT2D eigenvalue weighted by atomic mass is 9.97. The van der Waals surface area contributed by atoms with Gasteiger partial charge in [0, 0.05) is 6.04 Å². The number of carboxylic acid groups (broad SMARTS) is 1. The largest absolute Gasteiger partial charge is 0.548 e. The van der Waals surface area contributed by atoms with Crippen molar-refractivity contribution in [3.05, 3.63) is 35.9 Å². The molecule has 1 saturated carbocycles. The topological polar surface area (TPSA) is 81.3 Å². The minimum atomic E-state index is -1.26. The average Bonchev–Trinajstić information content (AvgIpc) is 2.50. The number of hydrogen-bond donors (Lipinski definition) is 2. The first-order chi connectivity index (χ1) is 11.1. The van der Waals surface area contributed by atoms with Crippen LogP contribution in [0.1, 0.15) is 50.5 Å².